The van der Waals surface area contributed by atoms with Crippen molar-refractivity contribution in [1.29, 1.82) is 0 Å². The van der Waals surface area contributed by atoms with Crippen molar-refractivity contribution in [1.82, 2.24) is 0 Å². The standard InChI is InChI=1S/C14H26O2S/c1-13(2,3)17-10-12(15)11-5-8-16-14(9-11)6-4-7-14/h11-12,15H,4-10H2,1-3H3. The quantitative estimate of drug-likeness (QED) is 0.843. The molecule has 17 heavy (non-hydrogen) atoms. The molecule has 0 bridgehead atoms. The Bertz CT molecular complexity index is 255. The molecule has 100 valence electrons. The Labute approximate surface area is 110 Å². The largest absolute Gasteiger partial charge is 0.392 e. The van der Waals surface area contributed by atoms with Crippen LogP contribution in [0.3, 0.4) is 0 Å². The highest BCUT2D eigenvalue weighted by molar-refractivity contribution is 8.00. The summed E-state index contributed by atoms with van der Waals surface area (Å²) in [6, 6.07) is 0. The molecule has 1 aliphatic carbocycles. The number of hydrogen-bond acceptors (Lipinski definition) is 3. The molecule has 3 heteroatoms. The minimum atomic E-state index is -0.152. The lowest BCUT2D eigenvalue weighted by Crippen LogP contribution is -2.48. The fourth-order valence-corrected chi connectivity index (χ4v) is 3.73. The van der Waals surface area contributed by atoms with Gasteiger partial charge in [-0.1, -0.05) is 20.8 Å². The summed E-state index contributed by atoms with van der Waals surface area (Å²) in [5, 5.41) is 10.3. The Morgan fingerprint density at radius 1 is 1.41 bits per heavy atom. The molecule has 1 saturated carbocycles. The van der Waals surface area contributed by atoms with Gasteiger partial charge >= 0.3 is 0 Å². The zero-order valence-corrected chi connectivity index (χ0v) is 12.2. The molecule has 2 unspecified atom stereocenters. The van der Waals surface area contributed by atoms with Crippen LogP contribution in [0.1, 0.15) is 52.9 Å². The number of thioether (sulfide) groups is 1. The number of aliphatic hydroxyl groups is 1. The first-order valence-corrected chi connectivity index (χ1v) is 7.85. The SMILES string of the molecule is CC(C)(C)SCC(O)C1CCOC2(CCC2)C1. The van der Waals surface area contributed by atoms with Gasteiger partial charge in [0.2, 0.25) is 0 Å². The van der Waals surface area contributed by atoms with Crippen molar-refractivity contribution in [3.05, 3.63) is 0 Å². The normalized spacial score (nSPS) is 30.0. The molecule has 1 aliphatic heterocycles. The van der Waals surface area contributed by atoms with Gasteiger partial charge in [-0.2, -0.15) is 11.8 Å². The first-order chi connectivity index (χ1) is 7.90. The third-order valence-electron chi connectivity index (χ3n) is 4.03. The van der Waals surface area contributed by atoms with Gasteiger partial charge in [-0.25, -0.2) is 0 Å². The third kappa shape index (κ3) is 3.62. The van der Waals surface area contributed by atoms with Crippen LogP contribution in [-0.2, 0) is 4.74 Å². The Balaban J connectivity index is 1.80. The Morgan fingerprint density at radius 2 is 2.12 bits per heavy atom. The summed E-state index contributed by atoms with van der Waals surface area (Å²) in [5.74, 6) is 1.32. The summed E-state index contributed by atoms with van der Waals surface area (Å²) in [6.07, 6.45) is 5.69. The highest BCUT2D eigenvalue weighted by Crippen LogP contribution is 2.45. The zero-order valence-electron chi connectivity index (χ0n) is 11.4. The van der Waals surface area contributed by atoms with Crippen molar-refractivity contribution < 1.29 is 9.84 Å². The first kappa shape index (κ1) is 13.7. The molecule has 0 amide bonds. The fourth-order valence-electron chi connectivity index (χ4n) is 2.79. The van der Waals surface area contributed by atoms with Crippen molar-refractivity contribution in [2.24, 2.45) is 5.92 Å². The molecule has 2 aliphatic rings. The van der Waals surface area contributed by atoms with Crippen LogP contribution in [0, 0.1) is 5.92 Å². The van der Waals surface area contributed by atoms with Crippen molar-refractivity contribution in [3.63, 3.8) is 0 Å². The molecule has 1 spiro atoms. The van der Waals surface area contributed by atoms with Crippen LogP contribution in [0.15, 0.2) is 0 Å². The number of ether oxygens (including phenoxy) is 1. The summed E-state index contributed by atoms with van der Waals surface area (Å²) < 4.78 is 6.16. The second-order valence-electron chi connectivity index (χ2n) is 6.63. The van der Waals surface area contributed by atoms with Gasteiger partial charge in [-0.05, 0) is 38.0 Å². The predicted octanol–water partition coefficient (Wildman–Crippen LogP) is 3.23. The van der Waals surface area contributed by atoms with E-state index in [-0.39, 0.29) is 16.5 Å². The van der Waals surface area contributed by atoms with Gasteiger partial charge in [0.1, 0.15) is 0 Å². The van der Waals surface area contributed by atoms with Gasteiger partial charge in [-0.15, -0.1) is 0 Å². The Morgan fingerprint density at radius 3 is 2.65 bits per heavy atom. The fraction of sp³-hybridized carbons (Fsp3) is 1.00. The van der Waals surface area contributed by atoms with Crippen molar-refractivity contribution in [3.8, 4) is 0 Å². The molecule has 0 aromatic carbocycles. The minimum absolute atomic E-state index is 0.152. The van der Waals surface area contributed by atoms with Gasteiger partial charge in [0.25, 0.3) is 0 Å². The predicted molar refractivity (Wildman–Crippen MR) is 73.5 cm³/mol. The molecule has 1 heterocycles. The van der Waals surface area contributed by atoms with E-state index in [1.807, 2.05) is 11.8 Å². The smallest absolute Gasteiger partial charge is 0.0686 e. The molecule has 1 saturated heterocycles. The molecule has 1 N–H and O–H groups in total. The molecule has 2 rings (SSSR count). The highest BCUT2D eigenvalue weighted by atomic mass is 32.2. The van der Waals surface area contributed by atoms with E-state index in [0.29, 0.717) is 5.92 Å². The monoisotopic (exact) mass is 258 g/mol. The average molecular weight is 258 g/mol. The molecule has 0 aromatic heterocycles. The zero-order chi connectivity index (χ0) is 12.5. The van der Waals surface area contributed by atoms with Crippen molar-refractivity contribution in [2.45, 2.75) is 69.3 Å². The molecular weight excluding hydrogens is 232 g/mol. The lowest BCUT2D eigenvalue weighted by Gasteiger charge is -2.48. The van der Waals surface area contributed by atoms with Crippen LogP contribution in [0.5, 0.6) is 0 Å². The maximum Gasteiger partial charge on any atom is 0.0686 e. The molecular formula is C14H26O2S. The lowest BCUT2D eigenvalue weighted by molar-refractivity contribution is -0.154. The van der Waals surface area contributed by atoms with Gasteiger partial charge in [0.05, 0.1) is 11.7 Å². The average Bonchev–Trinajstić information content (AvgIpc) is 2.23. The second kappa shape index (κ2) is 5.10. The van der Waals surface area contributed by atoms with Gasteiger partial charge in [-0.3, -0.25) is 0 Å². The maximum atomic E-state index is 10.3. The molecule has 2 fully saturated rings. The van der Waals surface area contributed by atoms with Crippen LogP contribution in [0.25, 0.3) is 0 Å². The highest BCUT2D eigenvalue weighted by Gasteiger charge is 2.44. The number of rotatable bonds is 3. The van der Waals surface area contributed by atoms with Gasteiger partial charge in [0.15, 0.2) is 0 Å². The van der Waals surface area contributed by atoms with Gasteiger partial charge < -0.3 is 9.84 Å². The van der Waals surface area contributed by atoms with Gasteiger partial charge in [0, 0.05) is 17.1 Å². The topological polar surface area (TPSA) is 29.5 Å². The van der Waals surface area contributed by atoms with E-state index in [0.717, 1.165) is 25.2 Å². The summed E-state index contributed by atoms with van der Waals surface area (Å²) in [7, 11) is 0. The second-order valence-corrected chi connectivity index (χ2v) is 8.48. The third-order valence-corrected chi connectivity index (χ3v) is 5.40. The van der Waals surface area contributed by atoms with Crippen LogP contribution < -0.4 is 0 Å². The Kier molecular flexibility index (Phi) is 4.11. The molecule has 0 radical (unpaired) electrons. The van der Waals surface area contributed by atoms with E-state index in [4.69, 9.17) is 4.74 Å². The summed E-state index contributed by atoms with van der Waals surface area (Å²) in [6.45, 7) is 7.48. The van der Waals surface area contributed by atoms with Crippen LogP contribution in [0.2, 0.25) is 0 Å². The van der Waals surface area contributed by atoms with E-state index in [1.54, 1.807) is 0 Å². The van der Waals surface area contributed by atoms with E-state index >= 15 is 0 Å². The molecule has 2 atom stereocenters. The van der Waals surface area contributed by atoms with E-state index in [2.05, 4.69) is 20.8 Å². The maximum absolute atomic E-state index is 10.3. The summed E-state index contributed by atoms with van der Waals surface area (Å²) in [4.78, 5) is 0. The molecule has 2 nitrogen and oxygen atoms in total. The minimum Gasteiger partial charge on any atom is -0.392 e. The van der Waals surface area contributed by atoms with E-state index in [1.165, 1.54) is 19.3 Å². The van der Waals surface area contributed by atoms with Crippen LogP contribution >= 0.6 is 11.8 Å². The van der Waals surface area contributed by atoms with Crippen molar-refractivity contribution >= 4 is 11.8 Å². The van der Waals surface area contributed by atoms with E-state index < -0.39 is 0 Å². The number of aliphatic hydroxyl groups excluding tert-OH is 1. The number of hydrogen-bond donors (Lipinski definition) is 1. The first-order valence-electron chi connectivity index (χ1n) is 6.86. The summed E-state index contributed by atoms with van der Waals surface area (Å²) >= 11 is 1.87. The van der Waals surface area contributed by atoms with E-state index in [9.17, 15) is 5.11 Å². The summed E-state index contributed by atoms with van der Waals surface area (Å²) in [5.41, 5.74) is 0.163. The lowest BCUT2D eigenvalue weighted by atomic mass is 9.71. The van der Waals surface area contributed by atoms with Crippen LogP contribution in [-0.4, -0.2) is 33.9 Å². The Hall–Kier alpha value is 0.270. The van der Waals surface area contributed by atoms with Crippen LogP contribution in [0.4, 0.5) is 0 Å². The molecule has 0 aromatic rings. The van der Waals surface area contributed by atoms with Crippen molar-refractivity contribution in [2.75, 3.05) is 12.4 Å².